The average Bonchev–Trinajstić information content (AvgIpc) is 2.83. The molecule has 34 heavy (non-hydrogen) atoms. The summed E-state index contributed by atoms with van der Waals surface area (Å²) in [6.45, 7) is 2.91. The minimum absolute atomic E-state index is 0.0880. The van der Waals surface area contributed by atoms with Gasteiger partial charge in [-0.1, -0.05) is 30.3 Å². The summed E-state index contributed by atoms with van der Waals surface area (Å²) >= 11 is 0. The highest BCUT2D eigenvalue weighted by Gasteiger charge is 2.26. The predicted octanol–water partition coefficient (Wildman–Crippen LogP) is 2.17. The number of amides is 2. The van der Waals surface area contributed by atoms with E-state index in [-0.39, 0.29) is 37.7 Å². The first kappa shape index (κ1) is 25.4. The zero-order chi connectivity index (χ0) is 24.7. The molecule has 0 saturated carbocycles. The van der Waals surface area contributed by atoms with Gasteiger partial charge in [-0.15, -0.1) is 0 Å². The quantitative estimate of drug-likeness (QED) is 0.548. The lowest BCUT2D eigenvalue weighted by Crippen LogP contribution is -2.46. The van der Waals surface area contributed by atoms with Gasteiger partial charge >= 0.3 is 0 Å². The number of ether oxygens (including phenoxy) is 2. The number of anilines is 1. The van der Waals surface area contributed by atoms with E-state index in [1.165, 1.54) is 16.3 Å². The molecule has 0 spiro atoms. The van der Waals surface area contributed by atoms with Crippen LogP contribution in [-0.4, -0.2) is 64.2 Å². The molecule has 0 radical (unpaired) electrons. The van der Waals surface area contributed by atoms with E-state index in [1.54, 1.807) is 25.1 Å². The summed E-state index contributed by atoms with van der Waals surface area (Å²) in [6, 6.07) is 13.7. The van der Waals surface area contributed by atoms with E-state index < -0.39 is 16.1 Å². The molecule has 1 aliphatic heterocycles. The van der Waals surface area contributed by atoms with Gasteiger partial charge in [0.05, 0.1) is 11.9 Å². The van der Waals surface area contributed by atoms with Crippen molar-refractivity contribution in [2.45, 2.75) is 32.4 Å². The molecule has 0 aromatic heterocycles. The number of carbonyl (C=O) groups is 2. The average molecular weight is 490 g/mol. The number of hydrogen-bond acceptors (Lipinski definition) is 6. The lowest BCUT2D eigenvalue weighted by Gasteiger charge is -2.29. The molecule has 184 valence electrons. The van der Waals surface area contributed by atoms with Crippen LogP contribution in [0.4, 0.5) is 5.69 Å². The van der Waals surface area contributed by atoms with Crippen LogP contribution < -0.4 is 19.1 Å². The maximum atomic E-state index is 13.1. The first-order chi connectivity index (χ1) is 16.2. The molecule has 0 fully saturated rings. The van der Waals surface area contributed by atoms with Gasteiger partial charge in [-0.2, -0.15) is 0 Å². The molecular formula is C24H31N3O6S. The Morgan fingerprint density at radius 1 is 1.06 bits per heavy atom. The van der Waals surface area contributed by atoms with Crippen molar-refractivity contribution >= 4 is 27.5 Å². The van der Waals surface area contributed by atoms with Crippen molar-refractivity contribution in [1.82, 2.24) is 10.2 Å². The normalized spacial score (nSPS) is 13.6. The summed E-state index contributed by atoms with van der Waals surface area (Å²) < 4.78 is 37.3. The molecule has 1 aliphatic rings. The van der Waals surface area contributed by atoms with Crippen LogP contribution in [-0.2, 0) is 26.2 Å². The Kier molecular flexibility index (Phi) is 8.38. The third-order valence-electron chi connectivity index (χ3n) is 5.58. The van der Waals surface area contributed by atoms with E-state index in [4.69, 9.17) is 9.47 Å². The SMILES string of the molecule is CNC(=O)[C@@H](C)N(Cc1ccccc1)C(=O)CCCN(c1ccc2c(c1)OCCO2)S(C)(=O)=O. The summed E-state index contributed by atoms with van der Waals surface area (Å²) in [5.74, 6) is 0.564. The lowest BCUT2D eigenvalue weighted by molar-refractivity contribution is -0.140. The molecule has 1 heterocycles. The molecule has 2 aromatic rings. The topological polar surface area (TPSA) is 105 Å². The van der Waals surface area contributed by atoms with Crippen LogP contribution >= 0.6 is 0 Å². The number of benzene rings is 2. The second-order valence-electron chi connectivity index (χ2n) is 8.06. The number of likely N-dealkylation sites (N-methyl/N-ethyl adjacent to an activating group) is 1. The first-order valence-electron chi connectivity index (χ1n) is 11.1. The van der Waals surface area contributed by atoms with Crippen LogP contribution in [0.15, 0.2) is 48.5 Å². The van der Waals surface area contributed by atoms with Crippen LogP contribution in [0.1, 0.15) is 25.3 Å². The standard InChI is InChI=1S/C24H31N3O6S/c1-18(24(29)25-2)26(17-19-8-5-4-6-9-19)23(28)10-7-13-27(34(3,30)31)20-11-12-21-22(16-20)33-15-14-32-21/h4-6,8-9,11-12,16,18H,7,10,13-15,17H2,1-3H3,(H,25,29)/t18-/m1/s1. The van der Waals surface area contributed by atoms with Crippen LogP contribution in [0, 0.1) is 0 Å². The van der Waals surface area contributed by atoms with Gasteiger partial charge in [-0.3, -0.25) is 13.9 Å². The second kappa shape index (κ2) is 11.2. The molecule has 2 amide bonds. The van der Waals surface area contributed by atoms with E-state index in [0.29, 0.717) is 30.4 Å². The molecule has 0 saturated heterocycles. The summed E-state index contributed by atoms with van der Waals surface area (Å²) in [5.41, 5.74) is 1.35. The van der Waals surface area contributed by atoms with Gasteiger partial charge in [0.2, 0.25) is 21.8 Å². The number of fused-ring (bicyclic) bond motifs is 1. The number of carbonyl (C=O) groups excluding carboxylic acids is 2. The van der Waals surface area contributed by atoms with Crippen molar-refractivity contribution < 1.29 is 27.5 Å². The maximum Gasteiger partial charge on any atom is 0.242 e. The Bertz CT molecular complexity index is 1110. The molecule has 0 aliphatic carbocycles. The number of hydrogen-bond donors (Lipinski definition) is 1. The number of nitrogens with one attached hydrogen (secondary N) is 1. The van der Waals surface area contributed by atoms with E-state index in [1.807, 2.05) is 30.3 Å². The largest absolute Gasteiger partial charge is 0.486 e. The van der Waals surface area contributed by atoms with Crippen molar-refractivity contribution in [1.29, 1.82) is 0 Å². The van der Waals surface area contributed by atoms with Gasteiger partial charge in [0, 0.05) is 32.6 Å². The lowest BCUT2D eigenvalue weighted by atomic mass is 10.1. The fourth-order valence-corrected chi connectivity index (χ4v) is 4.72. The first-order valence-corrected chi connectivity index (χ1v) is 13.0. The van der Waals surface area contributed by atoms with Gasteiger partial charge < -0.3 is 19.7 Å². The highest BCUT2D eigenvalue weighted by Crippen LogP contribution is 2.34. The Labute approximate surface area is 200 Å². The highest BCUT2D eigenvalue weighted by atomic mass is 32.2. The van der Waals surface area contributed by atoms with Crippen molar-refractivity contribution in [3.05, 3.63) is 54.1 Å². The fourth-order valence-electron chi connectivity index (χ4n) is 3.76. The molecule has 0 unspecified atom stereocenters. The smallest absolute Gasteiger partial charge is 0.242 e. The van der Waals surface area contributed by atoms with Crippen molar-refractivity contribution in [2.24, 2.45) is 0 Å². The van der Waals surface area contributed by atoms with E-state index in [0.717, 1.165) is 11.8 Å². The van der Waals surface area contributed by atoms with Crippen LogP contribution in [0.2, 0.25) is 0 Å². The minimum Gasteiger partial charge on any atom is -0.486 e. The van der Waals surface area contributed by atoms with Crippen molar-refractivity contribution in [3.8, 4) is 11.5 Å². The second-order valence-corrected chi connectivity index (χ2v) is 9.97. The van der Waals surface area contributed by atoms with E-state index in [9.17, 15) is 18.0 Å². The third-order valence-corrected chi connectivity index (χ3v) is 6.77. The monoisotopic (exact) mass is 489 g/mol. The van der Waals surface area contributed by atoms with Crippen LogP contribution in [0.3, 0.4) is 0 Å². The van der Waals surface area contributed by atoms with Gasteiger partial charge in [-0.05, 0) is 31.0 Å². The van der Waals surface area contributed by atoms with Crippen LogP contribution in [0.5, 0.6) is 11.5 Å². The van der Waals surface area contributed by atoms with Crippen molar-refractivity contribution in [3.63, 3.8) is 0 Å². The number of rotatable bonds is 10. The Morgan fingerprint density at radius 3 is 2.38 bits per heavy atom. The van der Waals surface area contributed by atoms with Gasteiger partial charge in [-0.25, -0.2) is 8.42 Å². The number of nitrogens with zero attached hydrogens (tertiary/aromatic N) is 2. The predicted molar refractivity (Wildman–Crippen MR) is 129 cm³/mol. The molecular weight excluding hydrogens is 458 g/mol. The summed E-state index contributed by atoms with van der Waals surface area (Å²) in [5, 5.41) is 2.58. The van der Waals surface area contributed by atoms with Gasteiger partial charge in [0.1, 0.15) is 19.3 Å². The molecule has 1 N–H and O–H groups in total. The van der Waals surface area contributed by atoms with Gasteiger partial charge in [0.25, 0.3) is 0 Å². The third kappa shape index (κ3) is 6.40. The number of sulfonamides is 1. The summed E-state index contributed by atoms with van der Waals surface area (Å²) in [6.07, 6.45) is 1.50. The Balaban J connectivity index is 1.71. The summed E-state index contributed by atoms with van der Waals surface area (Å²) in [4.78, 5) is 26.9. The molecule has 1 atom stereocenters. The Hall–Kier alpha value is -3.27. The molecule has 9 nitrogen and oxygen atoms in total. The minimum atomic E-state index is -3.60. The molecule has 10 heteroatoms. The molecule has 0 bridgehead atoms. The van der Waals surface area contributed by atoms with E-state index >= 15 is 0 Å². The van der Waals surface area contributed by atoms with Gasteiger partial charge in [0.15, 0.2) is 11.5 Å². The zero-order valence-corrected chi connectivity index (χ0v) is 20.5. The van der Waals surface area contributed by atoms with Crippen molar-refractivity contribution in [2.75, 3.05) is 37.4 Å². The Morgan fingerprint density at radius 2 is 1.74 bits per heavy atom. The molecule has 2 aromatic carbocycles. The summed E-state index contributed by atoms with van der Waals surface area (Å²) in [7, 11) is -2.07. The highest BCUT2D eigenvalue weighted by molar-refractivity contribution is 7.92. The zero-order valence-electron chi connectivity index (χ0n) is 19.7. The fraction of sp³-hybridized carbons (Fsp3) is 0.417. The van der Waals surface area contributed by atoms with E-state index in [2.05, 4.69) is 5.32 Å². The molecule has 3 rings (SSSR count). The van der Waals surface area contributed by atoms with Crippen LogP contribution in [0.25, 0.3) is 0 Å². The maximum absolute atomic E-state index is 13.1.